The molecule has 1 aromatic carbocycles. The Morgan fingerprint density at radius 1 is 0.870 bits per heavy atom. The number of carbonyl (C=O) groups excluding carboxylic acids is 2. The first-order chi connectivity index (χ1) is 11.1. The molecular formula is C17H22O6. The van der Waals surface area contributed by atoms with Crippen LogP contribution in [0.2, 0.25) is 0 Å². The Morgan fingerprint density at radius 2 is 1.39 bits per heavy atom. The summed E-state index contributed by atoms with van der Waals surface area (Å²) in [5.41, 5.74) is 0.874. The van der Waals surface area contributed by atoms with Gasteiger partial charge in [0.1, 0.15) is 13.2 Å². The number of esters is 2. The number of benzene rings is 1. The molecule has 0 fully saturated rings. The van der Waals surface area contributed by atoms with Gasteiger partial charge in [0.25, 0.3) is 0 Å². The van der Waals surface area contributed by atoms with Crippen LogP contribution in [0.15, 0.2) is 42.5 Å². The number of hydrogen-bond acceptors (Lipinski definition) is 6. The molecule has 0 N–H and O–H groups in total. The molecule has 0 aliphatic rings. The first kappa shape index (κ1) is 18.9. The van der Waals surface area contributed by atoms with E-state index < -0.39 is 5.97 Å². The summed E-state index contributed by atoms with van der Waals surface area (Å²) in [4.78, 5) is 22.7. The predicted octanol–water partition coefficient (Wildman–Crippen LogP) is 2.00. The third kappa shape index (κ3) is 8.75. The van der Waals surface area contributed by atoms with Crippen LogP contribution in [0, 0.1) is 0 Å². The maximum atomic E-state index is 11.6. The van der Waals surface area contributed by atoms with Gasteiger partial charge in [-0.3, -0.25) is 0 Å². The van der Waals surface area contributed by atoms with E-state index in [0.717, 1.165) is 0 Å². The summed E-state index contributed by atoms with van der Waals surface area (Å²) in [7, 11) is 0. The van der Waals surface area contributed by atoms with E-state index >= 15 is 0 Å². The molecule has 0 spiro atoms. The largest absolute Gasteiger partial charge is 0.460 e. The number of hydrogen-bond donors (Lipinski definition) is 0. The molecule has 0 unspecified atom stereocenters. The molecule has 0 aliphatic carbocycles. The minimum atomic E-state index is -0.426. The molecule has 0 atom stereocenters. The monoisotopic (exact) mass is 322 g/mol. The van der Waals surface area contributed by atoms with Gasteiger partial charge in [-0.1, -0.05) is 24.8 Å². The van der Waals surface area contributed by atoms with Crippen LogP contribution in [-0.4, -0.2) is 51.6 Å². The summed E-state index contributed by atoms with van der Waals surface area (Å²) >= 11 is 0. The average Bonchev–Trinajstić information content (AvgIpc) is 2.56. The van der Waals surface area contributed by atoms with Gasteiger partial charge in [-0.2, -0.15) is 0 Å². The standard InChI is InChI=1S/C17H22O6/c1-14(2)16(18)22-12-10-20-8-9-21-11-13-23-17(19)15-6-4-3-5-7-15/h3-7H,1,8-13H2,2H3. The SMILES string of the molecule is C=C(C)C(=O)OCCOCCOCCOC(=O)c1ccccc1. The molecule has 1 rings (SSSR count). The van der Waals surface area contributed by atoms with Gasteiger partial charge in [-0.15, -0.1) is 0 Å². The highest BCUT2D eigenvalue weighted by atomic mass is 16.6. The number of ether oxygens (including phenoxy) is 4. The zero-order chi connectivity index (χ0) is 16.9. The molecule has 0 saturated heterocycles. The van der Waals surface area contributed by atoms with E-state index in [1.165, 1.54) is 0 Å². The van der Waals surface area contributed by atoms with E-state index in [-0.39, 0.29) is 19.2 Å². The van der Waals surface area contributed by atoms with E-state index in [1.807, 2.05) is 6.07 Å². The van der Waals surface area contributed by atoms with Crippen LogP contribution >= 0.6 is 0 Å². The Hall–Kier alpha value is -2.18. The molecule has 23 heavy (non-hydrogen) atoms. The molecule has 0 saturated carbocycles. The lowest BCUT2D eigenvalue weighted by molar-refractivity contribution is -0.140. The smallest absolute Gasteiger partial charge is 0.338 e. The molecule has 126 valence electrons. The Bertz CT molecular complexity index is 497. The number of carbonyl (C=O) groups is 2. The summed E-state index contributed by atoms with van der Waals surface area (Å²) in [5.74, 6) is -0.796. The van der Waals surface area contributed by atoms with Gasteiger partial charge in [-0.05, 0) is 19.1 Å². The molecule has 0 aliphatic heterocycles. The van der Waals surface area contributed by atoms with E-state index in [4.69, 9.17) is 18.9 Å². The zero-order valence-electron chi connectivity index (χ0n) is 13.3. The topological polar surface area (TPSA) is 71.1 Å². The zero-order valence-corrected chi connectivity index (χ0v) is 13.3. The van der Waals surface area contributed by atoms with Gasteiger partial charge in [-0.25, -0.2) is 9.59 Å². The van der Waals surface area contributed by atoms with Crippen molar-refractivity contribution >= 4 is 11.9 Å². The highest BCUT2D eigenvalue weighted by Crippen LogP contribution is 2.00. The van der Waals surface area contributed by atoms with Gasteiger partial charge in [0, 0.05) is 5.57 Å². The summed E-state index contributed by atoms with van der Waals surface area (Å²) in [6.07, 6.45) is 0. The fourth-order valence-electron chi connectivity index (χ4n) is 1.49. The Balaban J connectivity index is 1.91. The second kappa shape index (κ2) is 11.4. The molecule has 0 radical (unpaired) electrons. The molecular weight excluding hydrogens is 300 g/mol. The molecule has 6 nitrogen and oxygen atoms in total. The molecule has 6 heteroatoms. The Labute approximate surface area is 136 Å². The van der Waals surface area contributed by atoms with Gasteiger partial charge < -0.3 is 18.9 Å². The lowest BCUT2D eigenvalue weighted by Gasteiger charge is -2.07. The maximum absolute atomic E-state index is 11.6. The molecule has 0 aromatic heterocycles. The second-order valence-electron chi connectivity index (χ2n) is 4.64. The second-order valence-corrected chi connectivity index (χ2v) is 4.64. The predicted molar refractivity (Wildman–Crippen MR) is 84.1 cm³/mol. The van der Waals surface area contributed by atoms with Crippen molar-refractivity contribution in [1.82, 2.24) is 0 Å². The molecule has 0 amide bonds. The lowest BCUT2D eigenvalue weighted by atomic mass is 10.2. The van der Waals surface area contributed by atoms with Crippen LogP contribution in [0.25, 0.3) is 0 Å². The normalized spacial score (nSPS) is 10.1. The minimum Gasteiger partial charge on any atom is -0.460 e. The van der Waals surface area contributed by atoms with Crippen molar-refractivity contribution in [2.24, 2.45) is 0 Å². The third-order valence-corrected chi connectivity index (χ3v) is 2.65. The van der Waals surface area contributed by atoms with E-state index in [2.05, 4.69) is 6.58 Å². The van der Waals surface area contributed by atoms with Crippen LogP contribution < -0.4 is 0 Å². The summed E-state index contributed by atoms with van der Waals surface area (Å²) < 4.78 is 20.4. The third-order valence-electron chi connectivity index (χ3n) is 2.65. The van der Waals surface area contributed by atoms with Gasteiger partial charge in [0.05, 0.1) is 32.0 Å². The van der Waals surface area contributed by atoms with Crippen LogP contribution in [0.4, 0.5) is 0 Å². The van der Waals surface area contributed by atoms with Crippen molar-refractivity contribution in [3.05, 3.63) is 48.0 Å². The van der Waals surface area contributed by atoms with E-state index in [9.17, 15) is 9.59 Å². The van der Waals surface area contributed by atoms with Crippen molar-refractivity contribution in [3.8, 4) is 0 Å². The molecule has 1 aromatic rings. The van der Waals surface area contributed by atoms with Crippen molar-refractivity contribution < 1.29 is 28.5 Å². The minimum absolute atomic E-state index is 0.181. The van der Waals surface area contributed by atoms with Crippen molar-refractivity contribution in [1.29, 1.82) is 0 Å². The quantitative estimate of drug-likeness (QED) is 0.352. The number of rotatable bonds is 11. The Kier molecular flexibility index (Phi) is 9.35. The fourth-order valence-corrected chi connectivity index (χ4v) is 1.49. The summed E-state index contributed by atoms with van der Waals surface area (Å²) in [6, 6.07) is 8.77. The first-order valence-electron chi connectivity index (χ1n) is 7.31. The fraction of sp³-hybridized carbons (Fsp3) is 0.412. The van der Waals surface area contributed by atoms with Crippen molar-refractivity contribution in [3.63, 3.8) is 0 Å². The average molecular weight is 322 g/mol. The van der Waals surface area contributed by atoms with E-state index in [0.29, 0.717) is 37.6 Å². The van der Waals surface area contributed by atoms with Crippen LogP contribution in [0.3, 0.4) is 0 Å². The summed E-state index contributed by atoms with van der Waals surface area (Å²) in [5, 5.41) is 0. The Morgan fingerprint density at radius 3 is 1.96 bits per heavy atom. The van der Waals surface area contributed by atoms with Crippen LogP contribution in [-0.2, 0) is 23.7 Å². The lowest BCUT2D eigenvalue weighted by Crippen LogP contribution is -2.15. The summed E-state index contributed by atoms with van der Waals surface area (Å²) in [6.45, 7) is 6.76. The highest BCUT2D eigenvalue weighted by molar-refractivity contribution is 5.89. The van der Waals surface area contributed by atoms with Gasteiger partial charge >= 0.3 is 11.9 Å². The van der Waals surface area contributed by atoms with Crippen LogP contribution in [0.5, 0.6) is 0 Å². The van der Waals surface area contributed by atoms with Crippen molar-refractivity contribution in [2.75, 3.05) is 39.6 Å². The molecule has 0 heterocycles. The van der Waals surface area contributed by atoms with E-state index in [1.54, 1.807) is 31.2 Å². The maximum Gasteiger partial charge on any atom is 0.338 e. The molecule has 0 bridgehead atoms. The van der Waals surface area contributed by atoms with Gasteiger partial charge in [0.15, 0.2) is 0 Å². The van der Waals surface area contributed by atoms with Gasteiger partial charge in [0.2, 0.25) is 0 Å². The first-order valence-corrected chi connectivity index (χ1v) is 7.31. The van der Waals surface area contributed by atoms with Crippen molar-refractivity contribution in [2.45, 2.75) is 6.92 Å². The van der Waals surface area contributed by atoms with Crippen LogP contribution in [0.1, 0.15) is 17.3 Å². The highest BCUT2D eigenvalue weighted by Gasteiger charge is 2.05.